The number of pyridine rings is 1. The molecule has 114 valence electrons. The Kier molecular flexibility index (Phi) is 4.49. The Balaban J connectivity index is 2.78. The normalized spacial score (nSPS) is 12.0. The molecule has 0 aliphatic heterocycles. The van der Waals surface area contributed by atoms with Crippen LogP contribution in [0.5, 0.6) is 0 Å². The monoisotopic (exact) mass is 340 g/mol. The predicted octanol–water partition coefficient (Wildman–Crippen LogP) is 5.52. The zero-order chi connectivity index (χ0) is 15.8. The van der Waals surface area contributed by atoms with Gasteiger partial charge in [0.05, 0.1) is 15.6 Å². The van der Waals surface area contributed by atoms with Crippen molar-refractivity contribution < 1.29 is 17.6 Å². The highest BCUT2D eigenvalue weighted by molar-refractivity contribution is 6.39. The number of nitrogens with zero attached hydrogens (tertiary/aromatic N) is 1. The molecule has 8 heteroatoms. The first-order valence-electron chi connectivity index (χ1n) is 6.05. The standard InChI is InChI=1S/C13H10Cl2F4N2/c1-2-3-20-7-5-9(13(17,18)19)21-8-4-6(14)12(16)11(15)10(7)8/h4-5H,2-3H2,1H3,(H,20,21). The van der Waals surface area contributed by atoms with E-state index in [9.17, 15) is 17.6 Å². The maximum absolute atomic E-state index is 13.8. The van der Waals surface area contributed by atoms with Crippen molar-refractivity contribution in [1.82, 2.24) is 4.98 Å². The lowest BCUT2D eigenvalue weighted by atomic mass is 10.1. The second-order valence-corrected chi connectivity index (χ2v) is 5.15. The van der Waals surface area contributed by atoms with Crippen LogP contribution in [0.1, 0.15) is 19.0 Å². The first-order valence-corrected chi connectivity index (χ1v) is 6.80. The summed E-state index contributed by atoms with van der Waals surface area (Å²) in [5.74, 6) is -0.882. The van der Waals surface area contributed by atoms with Crippen LogP contribution in [0.2, 0.25) is 10.0 Å². The molecule has 0 bridgehead atoms. The van der Waals surface area contributed by atoms with Crippen LogP contribution in [0.15, 0.2) is 12.1 Å². The van der Waals surface area contributed by atoms with Gasteiger partial charge in [-0.25, -0.2) is 9.37 Å². The Morgan fingerprint density at radius 3 is 2.48 bits per heavy atom. The third-order valence-electron chi connectivity index (χ3n) is 2.79. The highest BCUT2D eigenvalue weighted by atomic mass is 35.5. The first kappa shape index (κ1) is 16.1. The summed E-state index contributed by atoms with van der Waals surface area (Å²) in [7, 11) is 0. The summed E-state index contributed by atoms with van der Waals surface area (Å²) in [6, 6.07) is 1.85. The molecule has 2 nitrogen and oxygen atoms in total. The van der Waals surface area contributed by atoms with Crippen molar-refractivity contribution in [3.63, 3.8) is 0 Å². The van der Waals surface area contributed by atoms with Crippen molar-refractivity contribution in [2.24, 2.45) is 0 Å². The number of benzene rings is 1. The number of hydrogen-bond acceptors (Lipinski definition) is 2. The number of rotatable bonds is 3. The molecule has 0 saturated carbocycles. The molecular weight excluding hydrogens is 331 g/mol. The molecule has 1 aromatic carbocycles. The molecule has 0 fully saturated rings. The Morgan fingerprint density at radius 2 is 1.90 bits per heavy atom. The van der Waals surface area contributed by atoms with Crippen molar-refractivity contribution >= 4 is 39.8 Å². The molecule has 0 aliphatic carbocycles. The molecule has 1 aromatic heterocycles. The third kappa shape index (κ3) is 3.16. The predicted molar refractivity (Wildman–Crippen MR) is 75.5 cm³/mol. The largest absolute Gasteiger partial charge is 0.433 e. The number of aromatic nitrogens is 1. The molecule has 1 heterocycles. The van der Waals surface area contributed by atoms with Gasteiger partial charge in [0.15, 0.2) is 5.82 Å². The summed E-state index contributed by atoms with van der Waals surface area (Å²) in [4.78, 5) is 3.48. The van der Waals surface area contributed by atoms with Gasteiger partial charge in [0.1, 0.15) is 5.69 Å². The second kappa shape index (κ2) is 5.85. The van der Waals surface area contributed by atoms with Crippen LogP contribution >= 0.6 is 23.2 Å². The Morgan fingerprint density at radius 1 is 1.24 bits per heavy atom. The average molecular weight is 341 g/mol. The van der Waals surface area contributed by atoms with Gasteiger partial charge >= 0.3 is 6.18 Å². The van der Waals surface area contributed by atoms with E-state index in [-0.39, 0.29) is 26.6 Å². The van der Waals surface area contributed by atoms with E-state index in [1.807, 2.05) is 6.92 Å². The highest BCUT2D eigenvalue weighted by Gasteiger charge is 2.34. The Hall–Kier alpha value is -1.27. The van der Waals surface area contributed by atoms with Crippen molar-refractivity contribution in [3.8, 4) is 0 Å². The smallest absolute Gasteiger partial charge is 0.384 e. The average Bonchev–Trinajstić information content (AvgIpc) is 2.40. The van der Waals surface area contributed by atoms with E-state index in [1.54, 1.807) is 0 Å². The van der Waals surface area contributed by atoms with Gasteiger partial charge < -0.3 is 5.32 Å². The minimum atomic E-state index is -4.62. The second-order valence-electron chi connectivity index (χ2n) is 4.36. The molecule has 0 atom stereocenters. The molecule has 0 amide bonds. The molecule has 0 aliphatic rings. The van der Waals surface area contributed by atoms with Crippen molar-refractivity contribution in [1.29, 1.82) is 0 Å². The van der Waals surface area contributed by atoms with Crippen LogP contribution in [0.3, 0.4) is 0 Å². The van der Waals surface area contributed by atoms with E-state index in [1.165, 1.54) is 0 Å². The fourth-order valence-corrected chi connectivity index (χ4v) is 2.39. The van der Waals surface area contributed by atoms with Crippen LogP contribution in [-0.2, 0) is 6.18 Å². The maximum Gasteiger partial charge on any atom is 0.433 e. The number of anilines is 1. The zero-order valence-corrected chi connectivity index (χ0v) is 12.3. The molecule has 0 radical (unpaired) electrons. The van der Waals surface area contributed by atoms with E-state index in [4.69, 9.17) is 23.2 Å². The fourth-order valence-electron chi connectivity index (χ4n) is 1.84. The highest BCUT2D eigenvalue weighted by Crippen LogP contribution is 2.39. The summed E-state index contributed by atoms with van der Waals surface area (Å²) in [5.41, 5.74) is -1.12. The molecule has 2 aromatic rings. The maximum atomic E-state index is 13.8. The van der Waals surface area contributed by atoms with Crippen molar-refractivity contribution in [2.45, 2.75) is 19.5 Å². The van der Waals surface area contributed by atoms with Crippen molar-refractivity contribution in [2.75, 3.05) is 11.9 Å². The molecular formula is C13H10Cl2F4N2. The lowest BCUT2D eigenvalue weighted by molar-refractivity contribution is -0.140. The summed E-state index contributed by atoms with van der Waals surface area (Å²) in [6.45, 7) is 2.26. The topological polar surface area (TPSA) is 24.9 Å². The van der Waals surface area contributed by atoms with Crippen LogP contribution in [-0.4, -0.2) is 11.5 Å². The van der Waals surface area contributed by atoms with Gasteiger partial charge in [-0.2, -0.15) is 13.2 Å². The van der Waals surface area contributed by atoms with Gasteiger partial charge in [-0.3, -0.25) is 0 Å². The lowest BCUT2D eigenvalue weighted by Crippen LogP contribution is -2.10. The number of fused-ring (bicyclic) bond motifs is 1. The molecule has 21 heavy (non-hydrogen) atoms. The molecule has 0 saturated heterocycles. The van der Waals surface area contributed by atoms with Gasteiger partial charge in [0, 0.05) is 17.6 Å². The van der Waals surface area contributed by atoms with Gasteiger partial charge in [0.25, 0.3) is 0 Å². The number of alkyl halides is 3. The lowest BCUT2D eigenvalue weighted by Gasteiger charge is -2.14. The SMILES string of the molecule is CCCNc1cc(C(F)(F)F)nc2cc(Cl)c(F)c(Cl)c12. The van der Waals surface area contributed by atoms with E-state index in [0.29, 0.717) is 13.0 Å². The Labute approximate surface area is 128 Å². The van der Waals surface area contributed by atoms with Gasteiger partial charge in [-0.1, -0.05) is 30.1 Å². The van der Waals surface area contributed by atoms with Gasteiger partial charge in [-0.15, -0.1) is 0 Å². The van der Waals surface area contributed by atoms with E-state index in [2.05, 4.69) is 10.3 Å². The summed E-state index contributed by atoms with van der Waals surface area (Å²) in [5, 5.41) is 2.16. The zero-order valence-electron chi connectivity index (χ0n) is 10.8. The number of hydrogen-bond donors (Lipinski definition) is 1. The van der Waals surface area contributed by atoms with Crippen molar-refractivity contribution in [3.05, 3.63) is 33.7 Å². The molecule has 0 spiro atoms. The number of halogens is 6. The quantitative estimate of drug-likeness (QED) is 0.587. The molecule has 0 unspecified atom stereocenters. The number of nitrogens with one attached hydrogen (secondary N) is 1. The van der Waals surface area contributed by atoms with Crippen LogP contribution < -0.4 is 5.32 Å². The summed E-state index contributed by atoms with van der Waals surface area (Å²) >= 11 is 11.5. The fraction of sp³-hybridized carbons (Fsp3) is 0.308. The minimum absolute atomic E-state index is 0.0785. The van der Waals surface area contributed by atoms with Crippen LogP contribution in [0, 0.1) is 5.82 Å². The van der Waals surface area contributed by atoms with E-state index < -0.39 is 17.7 Å². The molecule has 2 rings (SSSR count). The van der Waals surface area contributed by atoms with Crippen LogP contribution in [0.25, 0.3) is 10.9 Å². The Bertz CT molecular complexity index is 686. The minimum Gasteiger partial charge on any atom is -0.384 e. The van der Waals surface area contributed by atoms with Crippen LogP contribution in [0.4, 0.5) is 23.2 Å². The summed E-state index contributed by atoms with van der Waals surface area (Å²) in [6.07, 6.45) is -3.94. The van der Waals surface area contributed by atoms with E-state index >= 15 is 0 Å². The third-order valence-corrected chi connectivity index (χ3v) is 3.42. The molecule has 1 N–H and O–H groups in total. The van der Waals surface area contributed by atoms with Gasteiger partial charge in [-0.05, 0) is 18.6 Å². The van der Waals surface area contributed by atoms with Gasteiger partial charge in [0.2, 0.25) is 0 Å². The summed E-state index contributed by atoms with van der Waals surface area (Å²) < 4.78 is 52.4. The van der Waals surface area contributed by atoms with E-state index in [0.717, 1.165) is 12.1 Å². The first-order chi connectivity index (χ1) is 9.75.